The Bertz CT molecular complexity index is 346. The summed E-state index contributed by atoms with van der Waals surface area (Å²) in [7, 11) is 0. The van der Waals surface area contributed by atoms with Gasteiger partial charge in [-0.2, -0.15) is 13.2 Å². The summed E-state index contributed by atoms with van der Waals surface area (Å²) in [6, 6.07) is 1.13. The first-order valence-corrected chi connectivity index (χ1v) is 4.33. The molecule has 0 unspecified atom stereocenters. The summed E-state index contributed by atoms with van der Waals surface area (Å²) in [6.45, 7) is 1.31. The van der Waals surface area contributed by atoms with E-state index in [1.54, 1.807) is 0 Å². The number of nitrogens with zero attached hydrogens (tertiary/aromatic N) is 1. The molecule has 0 radical (unpaired) electrons. The van der Waals surface area contributed by atoms with E-state index in [1.165, 1.54) is 6.20 Å². The summed E-state index contributed by atoms with van der Waals surface area (Å²) in [5.41, 5.74) is 0.815. The zero-order chi connectivity index (χ0) is 10.2. The van der Waals surface area contributed by atoms with Crippen molar-refractivity contribution in [2.75, 3.05) is 6.54 Å². The topological polar surface area (TPSA) is 24.9 Å². The van der Waals surface area contributed by atoms with Gasteiger partial charge in [0.15, 0.2) is 0 Å². The maximum absolute atomic E-state index is 12.3. The van der Waals surface area contributed by atoms with Crippen LogP contribution in [0.5, 0.6) is 0 Å². The predicted molar refractivity (Wildman–Crippen MR) is 44.6 cm³/mol. The highest BCUT2D eigenvalue weighted by Crippen LogP contribution is 2.29. The summed E-state index contributed by atoms with van der Waals surface area (Å²) in [4.78, 5) is 3.41. The predicted octanol–water partition coefficient (Wildman–Crippen LogP) is 1.75. The number of pyridine rings is 1. The number of rotatable bonds is 0. The third kappa shape index (κ3) is 1.72. The second-order valence-electron chi connectivity index (χ2n) is 3.26. The summed E-state index contributed by atoms with van der Waals surface area (Å²) >= 11 is 0. The second-order valence-corrected chi connectivity index (χ2v) is 3.26. The van der Waals surface area contributed by atoms with Crippen molar-refractivity contribution >= 4 is 0 Å². The van der Waals surface area contributed by atoms with Gasteiger partial charge in [0, 0.05) is 12.7 Å². The first kappa shape index (κ1) is 9.45. The Balaban J connectivity index is 2.39. The van der Waals surface area contributed by atoms with Crippen molar-refractivity contribution in [3.8, 4) is 0 Å². The van der Waals surface area contributed by atoms with E-state index in [0.717, 1.165) is 24.6 Å². The lowest BCUT2D eigenvalue weighted by atomic mass is 10.0. The first-order chi connectivity index (χ1) is 6.57. The largest absolute Gasteiger partial charge is 0.433 e. The summed E-state index contributed by atoms with van der Waals surface area (Å²) in [6.07, 6.45) is -2.26. The molecule has 0 saturated carbocycles. The van der Waals surface area contributed by atoms with Gasteiger partial charge in [-0.1, -0.05) is 0 Å². The molecule has 0 amide bonds. The lowest BCUT2D eigenvalue weighted by Gasteiger charge is -2.17. The Morgan fingerprint density at radius 3 is 2.79 bits per heavy atom. The van der Waals surface area contributed by atoms with Crippen molar-refractivity contribution < 1.29 is 13.2 Å². The number of hydrogen-bond acceptors (Lipinski definition) is 2. The van der Waals surface area contributed by atoms with Gasteiger partial charge in [0.25, 0.3) is 0 Å². The number of nitrogens with one attached hydrogen (secondary N) is 1. The van der Waals surface area contributed by atoms with Crippen molar-refractivity contribution in [1.82, 2.24) is 10.3 Å². The van der Waals surface area contributed by atoms with Gasteiger partial charge < -0.3 is 5.32 Å². The standard InChI is InChI=1S/C9H9F3N2/c10-9(11,12)8-3-7-4-13-2-1-6(7)5-14-8/h3,5,13H,1-2,4H2. The summed E-state index contributed by atoms with van der Waals surface area (Å²) < 4.78 is 36.8. The third-order valence-corrected chi connectivity index (χ3v) is 2.26. The van der Waals surface area contributed by atoms with Crippen LogP contribution in [0.1, 0.15) is 16.8 Å². The van der Waals surface area contributed by atoms with Crippen LogP contribution in [0.3, 0.4) is 0 Å². The minimum atomic E-state index is -4.34. The number of fused-ring (bicyclic) bond motifs is 1. The highest BCUT2D eigenvalue weighted by atomic mass is 19.4. The van der Waals surface area contributed by atoms with Gasteiger partial charge in [-0.3, -0.25) is 4.98 Å². The van der Waals surface area contributed by atoms with E-state index in [4.69, 9.17) is 0 Å². The lowest BCUT2D eigenvalue weighted by molar-refractivity contribution is -0.141. The molecule has 0 fully saturated rings. The van der Waals surface area contributed by atoms with Crippen LogP contribution >= 0.6 is 0 Å². The van der Waals surface area contributed by atoms with Crippen molar-refractivity contribution in [3.63, 3.8) is 0 Å². The fourth-order valence-electron chi connectivity index (χ4n) is 1.52. The molecule has 1 aliphatic rings. The van der Waals surface area contributed by atoms with Crippen LogP contribution in [0.25, 0.3) is 0 Å². The Hall–Kier alpha value is -1.10. The van der Waals surface area contributed by atoms with Crippen LogP contribution in [0.2, 0.25) is 0 Å². The van der Waals surface area contributed by atoms with Crippen LogP contribution in [0, 0.1) is 0 Å². The van der Waals surface area contributed by atoms with Crippen molar-refractivity contribution in [2.45, 2.75) is 19.1 Å². The molecule has 0 bridgehead atoms. The maximum Gasteiger partial charge on any atom is 0.433 e. The van der Waals surface area contributed by atoms with Gasteiger partial charge in [-0.25, -0.2) is 0 Å². The fourth-order valence-corrected chi connectivity index (χ4v) is 1.52. The van der Waals surface area contributed by atoms with Crippen molar-refractivity contribution in [2.24, 2.45) is 0 Å². The van der Waals surface area contributed by atoms with Gasteiger partial charge >= 0.3 is 6.18 Å². The summed E-state index contributed by atoms with van der Waals surface area (Å²) in [5.74, 6) is 0. The Labute approximate surface area is 79.2 Å². The Morgan fingerprint density at radius 1 is 1.29 bits per heavy atom. The van der Waals surface area contributed by atoms with E-state index < -0.39 is 11.9 Å². The minimum Gasteiger partial charge on any atom is -0.312 e. The molecule has 0 atom stereocenters. The molecule has 0 aromatic carbocycles. The molecule has 5 heteroatoms. The molecule has 2 rings (SSSR count). The first-order valence-electron chi connectivity index (χ1n) is 4.33. The number of halogens is 3. The summed E-state index contributed by atoms with van der Waals surface area (Å²) in [5, 5.41) is 3.02. The van der Waals surface area contributed by atoms with Gasteiger partial charge in [-0.05, 0) is 30.2 Å². The van der Waals surface area contributed by atoms with Crippen LogP contribution < -0.4 is 5.32 Å². The minimum absolute atomic E-state index is 0.501. The van der Waals surface area contributed by atoms with Gasteiger partial charge in [0.2, 0.25) is 0 Å². The normalized spacial score (nSPS) is 16.5. The molecular formula is C9H9F3N2. The molecule has 76 valence electrons. The van der Waals surface area contributed by atoms with E-state index in [0.29, 0.717) is 12.1 Å². The quantitative estimate of drug-likeness (QED) is 0.693. The van der Waals surface area contributed by atoms with Crippen LogP contribution in [-0.2, 0) is 19.1 Å². The zero-order valence-corrected chi connectivity index (χ0v) is 7.36. The molecular weight excluding hydrogens is 193 g/mol. The highest BCUT2D eigenvalue weighted by Gasteiger charge is 2.33. The van der Waals surface area contributed by atoms with Crippen LogP contribution in [-0.4, -0.2) is 11.5 Å². The molecule has 14 heavy (non-hydrogen) atoms. The molecule has 2 nitrogen and oxygen atoms in total. The highest BCUT2D eigenvalue weighted by molar-refractivity contribution is 5.29. The second kappa shape index (κ2) is 3.24. The van der Waals surface area contributed by atoms with Gasteiger partial charge in [-0.15, -0.1) is 0 Å². The van der Waals surface area contributed by atoms with Crippen LogP contribution in [0.15, 0.2) is 12.3 Å². The monoisotopic (exact) mass is 202 g/mol. The number of hydrogen-bond donors (Lipinski definition) is 1. The molecule has 1 aromatic heterocycles. The zero-order valence-electron chi connectivity index (χ0n) is 7.36. The van der Waals surface area contributed by atoms with Gasteiger partial charge in [0.05, 0.1) is 0 Å². The average molecular weight is 202 g/mol. The SMILES string of the molecule is FC(F)(F)c1cc2c(cn1)CCNC2. The fraction of sp³-hybridized carbons (Fsp3) is 0.444. The van der Waals surface area contributed by atoms with E-state index >= 15 is 0 Å². The van der Waals surface area contributed by atoms with Crippen LogP contribution in [0.4, 0.5) is 13.2 Å². The van der Waals surface area contributed by atoms with E-state index in [2.05, 4.69) is 10.3 Å². The van der Waals surface area contributed by atoms with E-state index in [1.807, 2.05) is 0 Å². The molecule has 1 aliphatic heterocycles. The van der Waals surface area contributed by atoms with E-state index in [9.17, 15) is 13.2 Å². The third-order valence-electron chi connectivity index (χ3n) is 2.26. The number of aromatic nitrogens is 1. The molecule has 2 heterocycles. The lowest BCUT2D eigenvalue weighted by Crippen LogP contribution is -2.24. The molecule has 1 aromatic rings. The van der Waals surface area contributed by atoms with Crippen molar-refractivity contribution in [1.29, 1.82) is 0 Å². The van der Waals surface area contributed by atoms with Gasteiger partial charge in [0.1, 0.15) is 5.69 Å². The van der Waals surface area contributed by atoms with Crippen molar-refractivity contribution in [3.05, 3.63) is 29.1 Å². The maximum atomic E-state index is 12.3. The number of alkyl halides is 3. The average Bonchev–Trinajstić information content (AvgIpc) is 2.16. The molecule has 0 saturated heterocycles. The Morgan fingerprint density at radius 2 is 2.07 bits per heavy atom. The smallest absolute Gasteiger partial charge is 0.312 e. The molecule has 0 aliphatic carbocycles. The molecule has 1 N–H and O–H groups in total. The molecule has 0 spiro atoms. The van der Waals surface area contributed by atoms with E-state index in [-0.39, 0.29) is 0 Å². The Kier molecular flexibility index (Phi) is 2.19.